The van der Waals surface area contributed by atoms with Crippen LogP contribution in [-0.4, -0.2) is 23.9 Å². The van der Waals surface area contributed by atoms with Crippen LogP contribution in [0.4, 0.5) is 4.39 Å². The summed E-state index contributed by atoms with van der Waals surface area (Å²) in [5.41, 5.74) is 0.440. The second kappa shape index (κ2) is 4.65. The van der Waals surface area contributed by atoms with Crippen molar-refractivity contribution >= 4 is 21.8 Å². The first-order valence-electron chi connectivity index (χ1n) is 6.39. The van der Waals surface area contributed by atoms with Crippen molar-refractivity contribution < 1.29 is 9.18 Å². The molecular weight excluding hydrogens is 297 g/mol. The molecular formula is C14H15BrFNO. The maximum atomic E-state index is 13.2. The molecule has 1 aliphatic heterocycles. The van der Waals surface area contributed by atoms with Gasteiger partial charge in [-0.15, -0.1) is 0 Å². The first kappa shape index (κ1) is 12.2. The molecule has 0 spiro atoms. The minimum absolute atomic E-state index is 0.0456. The summed E-state index contributed by atoms with van der Waals surface area (Å²) in [6, 6.07) is 4.28. The van der Waals surface area contributed by atoms with E-state index in [9.17, 15) is 9.18 Å². The Kier molecular flexibility index (Phi) is 3.14. The third-order valence-electron chi connectivity index (χ3n) is 4.17. The Morgan fingerprint density at radius 1 is 1.28 bits per heavy atom. The van der Waals surface area contributed by atoms with Gasteiger partial charge < -0.3 is 4.90 Å². The lowest BCUT2D eigenvalue weighted by atomic mass is 10.0. The van der Waals surface area contributed by atoms with E-state index in [1.165, 1.54) is 31.4 Å². The molecule has 1 aliphatic carbocycles. The van der Waals surface area contributed by atoms with Gasteiger partial charge >= 0.3 is 0 Å². The first-order valence-corrected chi connectivity index (χ1v) is 7.19. The molecule has 1 saturated carbocycles. The van der Waals surface area contributed by atoms with Gasteiger partial charge in [0, 0.05) is 17.6 Å². The summed E-state index contributed by atoms with van der Waals surface area (Å²) in [4.78, 5) is 14.3. The highest BCUT2D eigenvalue weighted by Crippen LogP contribution is 2.38. The van der Waals surface area contributed by atoms with Gasteiger partial charge in [-0.1, -0.05) is 6.42 Å². The van der Waals surface area contributed by atoms with Gasteiger partial charge in [-0.2, -0.15) is 0 Å². The topological polar surface area (TPSA) is 20.3 Å². The number of halogens is 2. The summed E-state index contributed by atoms with van der Waals surface area (Å²) >= 11 is 3.33. The second-order valence-electron chi connectivity index (χ2n) is 5.29. The summed E-state index contributed by atoms with van der Waals surface area (Å²) < 4.78 is 13.9. The quantitative estimate of drug-likeness (QED) is 0.778. The number of likely N-dealkylation sites (tertiary alicyclic amines) is 1. The zero-order valence-electron chi connectivity index (χ0n) is 10.0. The van der Waals surface area contributed by atoms with Crippen molar-refractivity contribution in [2.45, 2.75) is 19.3 Å². The lowest BCUT2D eigenvalue weighted by Crippen LogP contribution is -2.29. The molecule has 1 saturated heterocycles. The number of fused-ring (bicyclic) bond motifs is 1. The largest absolute Gasteiger partial charge is 0.338 e. The number of benzene rings is 1. The fraction of sp³-hybridized carbons (Fsp3) is 0.500. The lowest BCUT2D eigenvalue weighted by molar-refractivity contribution is 0.0779. The van der Waals surface area contributed by atoms with Crippen LogP contribution in [0, 0.1) is 17.7 Å². The molecule has 2 atom stereocenters. The van der Waals surface area contributed by atoms with Crippen LogP contribution in [0.1, 0.15) is 29.6 Å². The number of amides is 1. The van der Waals surface area contributed by atoms with E-state index in [1.807, 2.05) is 4.90 Å². The third kappa shape index (κ3) is 2.07. The van der Waals surface area contributed by atoms with Gasteiger partial charge in [0.25, 0.3) is 5.91 Å². The van der Waals surface area contributed by atoms with Gasteiger partial charge in [-0.05, 0) is 58.8 Å². The van der Waals surface area contributed by atoms with Crippen molar-refractivity contribution in [2.75, 3.05) is 13.1 Å². The van der Waals surface area contributed by atoms with E-state index in [1.54, 1.807) is 6.07 Å². The van der Waals surface area contributed by atoms with E-state index in [-0.39, 0.29) is 11.7 Å². The molecule has 2 nitrogen and oxygen atoms in total. The summed E-state index contributed by atoms with van der Waals surface area (Å²) in [6.45, 7) is 1.68. The van der Waals surface area contributed by atoms with E-state index < -0.39 is 0 Å². The zero-order valence-corrected chi connectivity index (χ0v) is 11.6. The number of nitrogens with zero attached hydrogens (tertiary/aromatic N) is 1. The summed E-state index contributed by atoms with van der Waals surface area (Å²) in [5.74, 6) is 0.930. The molecule has 2 aliphatic rings. The van der Waals surface area contributed by atoms with Crippen molar-refractivity contribution in [3.8, 4) is 0 Å². The molecule has 0 aromatic heterocycles. The number of carbonyl (C=O) groups excluding carboxylic acids is 1. The van der Waals surface area contributed by atoms with Gasteiger partial charge in [0.2, 0.25) is 0 Å². The van der Waals surface area contributed by atoms with Crippen LogP contribution in [0.3, 0.4) is 0 Å². The van der Waals surface area contributed by atoms with Crippen LogP contribution in [0.2, 0.25) is 0 Å². The van der Waals surface area contributed by atoms with Crippen LogP contribution >= 0.6 is 15.9 Å². The predicted octanol–water partition coefficient (Wildman–Crippen LogP) is 3.46. The Hall–Kier alpha value is -0.900. The van der Waals surface area contributed by atoms with Crippen molar-refractivity contribution in [3.05, 3.63) is 34.1 Å². The van der Waals surface area contributed by atoms with Crippen LogP contribution in [0.25, 0.3) is 0 Å². The Balaban J connectivity index is 1.81. The summed E-state index contributed by atoms with van der Waals surface area (Å²) in [6.07, 6.45) is 3.76. The maximum absolute atomic E-state index is 13.2. The molecule has 2 unspecified atom stereocenters. The fourth-order valence-electron chi connectivity index (χ4n) is 3.23. The SMILES string of the molecule is O=C(c1cc(F)ccc1Br)N1CC2CCCC2C1. The smallest absolute Gasteiger partial charge is 0.255 e. The molecule has 0 bridgehead atoms. The Morgan fingerprint density at radius 3 is 2.61 bits per heavy atom. The monoisotopic (exact) mass is 311 g/mol. The van der Waals surface area contributed by atoms with Crippen LogP contribution in [-0.2, 0) is 0 Å². The van der Waals surface area contributed by atoms with Crippen LogP contribution < -0.4 is 0 Å². The lowest BCUT2D eigenvalue weighted by Gasteiger charge is -2.18. The molecule has 96 valence electrons. The minimum atomic E-state index is -0.360. The fourth-order valence-corrected chi connectivity index (χ4v) is 3.65. The van der Waals surface area contributed by atoms with Crippen molar-refractivity contribution in [2.24, 2.45) is 11.8 Å². The zero-order chi connectivity index (χ0) is 12.7. The van der Waals surface area contributed by atoms with E-state index in [2.05, 4.69) is 15.9 Å². The average molecular weight is 312 g/mol. The highest BCUT2D eigenvalue weighted by molar-refractivity contribution is 9.10. The first-order chi connectivity index (χ1) is 8.65. The van der Waals surface area contributed by atoms with Crippen LogP contribution in [0.5, 0.6) is 0 Å². The molecule has 2 fully saturated rings. The predicted molar refractivity (Wildman–Crippen MR) is 70.8 cm³/mol. The Morgan fingerprint density at radius 2 is 1.94 bits per heavy atom. The highest BCUT2D eigenvalue weighted by atomic mass is 79.9. The van der Waals surface area contributed by atoms with Crippen molar-refractivity contribution in [1.82, 2.24) is 4.90 Å². The van der Waals surface area contributed by atoms with Crippen LogP contribution in [0.15, 0.2) is 22.7 Å². The van der Waals surface area contributed by atoms with Gasteiger partial charge in [0.15, 0.2) is 0 Å². The number of rotatable bonds is 1. The summed E-state index contributed by atoms with van der Waals surface area (Å²) in [7, 11) is 0. The highest BCUT2D eigenvalue weighted by Gasteiger charge is 2.38. The normalized spacial score (nSPS) is 26.4. The molecule has 1 aromatic carbocycles. The molecule has 18 heavy (non-hydrogen) atoms. The average Bonchev–Trinajstić information content (AvgIpc) is 2.91. The van der Waals surface area contributed by atoms with E-state index in [0.717, 1.165) is 13.1 Å². The van der Waals surface area contributed by atoms with Gasteiger partial charge in [-0.25, -0.2) is 4.39 Å². The molecule has 4 heteroatoms. The third-order valence-corrected chi connectivity index (χ3v) is 4.86. The molecule has 0 N–H and O–H groups in total. The number of hydrogen-bond acceptors (Lipinski definition) is 1. The molecule has 0 radical (unpaired) electrons. The Bertz CT molecular complexity index is 479. The molecule has 1 heterocycles. The standard InChI is InChI=1S/C14H15BrFNO/c15-13-5-4-11(16)6-12(13)14(18)17-7-9-2-1-3-10(9)8-17/h4-6,9-10H,1-3,7-8H2. The molecule has 1 aromatic rings. The maximum Gasteiger partial charge on any atom is 0.255 e. The van der Waals surface area contributed by atoms with Crippen molar-refractivity contribution in [3.63, 3.8) is 0 Å². The minimum Gasteiger partial charge on any atom is -0.338 e. The Labute approximate surface area is 114 Å². The van der Waals surface area contributed by atoms with Gasteiger partial charge in [-0.3, -0.25) is 4.79 Å². The van der Waals surface area contributed by atoms with Crippen molar-refractivity contribution in [1.29, 1.82) is 0 Å². The van der Waals surface area contributed by atoms with E-state index in [0.29, 0.717) is 21.9 Å². The molecule has 1 amide bonds. The van der Waals surface area contributed by atoms with Gasteiger partial charge in [0.1, 0.15) is 5.82 Å². The van der Waals surface area contributed by atoms with E-state index in [4.69, 9.17) is 0 Å². The molecule has 3 rings (SSSR count). The number of carbonyl (C=O) groups is 1. The van der Waals surface area contributed by atoms with Gasteiger partial charge in [0.05, 0.1) is 5.56 Å². The second-order valence-corrected chi connectivity index (χ2v) is 6.14. The number of hydrogen-bond donors (Lipinski definition) is 0. The van der Waals surface area contributed by atoms with E-state index >= 15 is 0 Å². The summed E-state index contributed by atoms with van der Waals surface area (Å²) in [5, 5.41) is 0.